The molecule has 4 aromatic rings. The van der Waals surface area contributed by atoms with Crippen LogP contribution in [0.25, 0.3) is 6.08 Å². The van der Waals surface area contributed by atoms with Gasteiger partial charge in [0.2, 0.25) is 0 Å². The van der Waals surface area contributed by atoms with Crippen molar-refractivity contribution in [3.8, 4) is 11.5 Å². The summed E-state index contributed by atoms with van der Waals surface area (Å²) >= 11 is 8.73. The number of thiophene rings is 1. The molecule has 10 heteroatoms. The molecule has 1 atom stereocenters. The molecule has 200 valence electrons. The van der Waals surface area contributed by atoms with Crippen LogP contribution in [0.3, 0.4) is 0 Å². The Morgan fingerprint density at radius 2 is 1.92 bits per heavy atom. The van der Waals surface area contributed by atoms with Crippen LogP contribution in [0.4, 0.5) is 0 Å². The molecule has 3 heterocycles. The minimum Gasteiger partial charge on any atom is -0.490 e. The van der Waals surface area contributed by atoms with E-state index >= 15 is 0 Å². The second kappa shape index (κ2) is 11.6. The SMILES string of the molecule is CCOc1cc(C=c2sc3n(c2=O)C(c2cccs2)C(C(=O)OC)=C(C)N=3)ccc1OCc1ccc(Cl)cc1. The normalized spacial score (nSPS) is 15.1. The van der Waals surface area contributed by atoms with Gasteiger partial charge in [0.25, 0.3) is 5.56 Å². The van der Waals surface area contributed by atoms with Crippen molar-refractivity contribution in [3.05, 3.63) is 112 Å². The van der Waals surface area contributed by atoms with Crippen molar-refractivity contribution in [3.63, 3.8) is 0 Å². The molecular formula is C29H25ClN2O5S2. The first-order valence-electron chi connectivity index (χ1n) is 12.2. The first-order chi connectivity index (χ1) is 18.9. The highest BCUT2D eigenvalue weighted by Gasteiger charge is 2.33. The number of hydrogen-bond donors (Lipinski definition) is 0. The Bertz CT molecular complexity index is 1720. The topological polar surface area (TPSA) is 79.1 Å². The highest BCUT2D eigenvalue weighted by Crippen LogP contribution is 2.33. The van der Waals surface area contributed by atoms with E-state index in [1.807, 2.05) is 66.9 Å². The summed E-state index contributed by atoms with van der Waals surface area (Å²) < 4.78 is 19.0. The van der Waals surface area contributed by atoms with Gasteiger partial charge in [0.1, 0.15) is 12.6 Å². The summed E-state index contributed by atoms with van der Waals surface area (Å²) in [5.74, 6) is 0.675. The number of nitrogens with zero attached hydrogens (tertiary/aromatic N) is 2. The number of carbonyl (C=O) groups is 1. The predicted molar refractivity (Wildman–Crippen MR) is 153 cm³/mol. The van der Waals surface area contributed by atoms with E-state index < -0.39 is 12.0 Å². The number of allylic oxidation sites excluding steroid dienone is 1. The zero-order chi connectivity index (χ0) is 27.5. The molecule has 1 unspecified atom stereocenters. The van der Waals surface area contributed by atoms with Crippen molar-refractivity contribution >= 4 is 46.3 Å². The van der Waals surface area contributed by atoms with E-state index in [2.05, 4.69) is 4.99 Å². The average molecular weight is 581 g/mol. The minimum atomic E-state index is -0.599. The van der Waals surface area contributed by atoms with Gasteiger partial charge in [-0.05, 0) is 66.8 Å². The van der Waals surface area contributed by atoms with Crippen LogP contribution in [0.1, 0.15) is 35.9 Å². The molecule has 2 aromatic heterocycles. The molecule has 0 radical (unpaired) electrons. The molecule has 5 rings (SSSR count). The Morgan fingerprint density at radius 3 is 2.62 bits per heavy atom. The third-order valence-corrected chi connectivity index (χ3v) is 8.27. The third-order valence-electron chi connectivity index (χ3n) is 6.11. The van der Waals surface area contributed by atoms with Crippen LogP contribution in [-0.4, -0.2) is 24.3 Å². The summed E-state index contributed by atoms with van der Waals surface area (Å²) in [6.07, 6.45) is 1.80. The maximum Gasteiger partial charge on any atom is 0.338 e. The average Bonchev–Trinajstić information content (AvgIpc) is 3.57. The quantitative estimate of drug-likeness (QED) is 0.271. The Morgan fingerprint density at radius 1 is 1.13 bits per heavy atom. The Balaban J connectivity index is 1.52. The molecule has 0 amide bonds. The molecule has 39 heavy (non-hydrogen) atoms. The molecule has 0 aliphatic carbocycles. The van der Waals surface area contributed by atoms with Crippen molar-refractivity contribution in [2.45, 2.75) is 26.5 Å². The van der Waals surface area contributed by atoms with E-state index in [1.165, 1.54) is 29.8 Å². The zero-order valence-corrected chi connectivity index (χ0v) is 23.9. The van der Waals surface area contributed by atoms with Gasteiger partial charge in [-0.2, -0.15) is 0 Å². The number of carbonyl (C=O) groups excluding carboxylic acids is 1. The number of thiazole rings is 1. The number of esters is 1. The van der Waals surface area contributed by atoms with Crippen LogP contribution >= 0.6 is 34.3 Å². The van der Waals surface area contributed by atoms with Gasteiger partial charge in [0, 0.05) is 9.90 Å². The van der Waals surface area contributed by atoms with Crippen molar-refractivity contribution in [2.75, 3.05) is 13.7 Å². The largest absolute Gasteiger partial charge is 0.490 e. The molecule has 0 bridgehead atoms. The van der Waals surface area contributed by atoms with Crippen molar-refractivity contribution in [1.29, 1.82) is 0 Å². The molecule has 0 fully saturated rings. The number of methoxy groups -OCH3 is 1. The highest BCUT2D eigenvalue weighted by atomic mass is 35.5. The molecule has 0 spiro atoms. The summed E-state index contributed by atoms with van der Waals surface area (Å²) in [6, 6.07) is 16.2. The maximum atomic E-state index is 13.7. The maximum absolute atomic E-state index is 13.7. The molecule has 7 nitrogen and oxygen atoms in total. The summed E-state index contributed by atoms with van der Waals surface area (Å²) in [6.45, 7) is 4.49. The number of benzene rings is 2. The summed E-state index contributed by atoms with van der Waals surface area (Å²) in [5.41, 5.74) is 2.42. The number of aromatic nitrogens is 1. The molecular weight excluding hydrogens is 556 g/mol. The fourth-order valence-corrected chi connectivity index (χ4v) is 6.30. The van der Waals surface area contributed by atoms with Crippen molar-refractivity contribution in [2.24, 2.45) is 4.99 Å². The number of fused-ring (bicyclic) bond motifs is 1. The molecule has 1 aliphatic rings. The highest BCUT2D eigenvalue weighted by molar-refractivity contribution is 7.10. The molecule has 2 aromatic carbocycles. The fourth-order valence-electron chi connectivity index (χ4n) is 4.30. The molecule has 1 aliphatic heterocycles. The van der Waals surface area contributed by atoms with E-state index in [0.717, 1.165) is 16.0 Å². The molecule has 0 saturated carbocycles. The number of ether oxygens (including phenoxy) is 3. The number of rotatable bonds is 8. The first-order valence-corrected chi connectivity index (χ1v) is 14.3. The zero-order valence-electron chi connectivity index (χ0n) is 21.5. The van der Waals surface area contributed by atoms with Crippen LogP contribution < -0.4 is 24.4 Å². The Hall–Kier alpha value is -3.66. The molecule has 0 N–H and O–H groups in total. The Kier molecular flexibility index (Phi) is 8.02. The minimum absolute atomic E-state index is 0.230. The van der Waals surface area contributed by atoms with Crippen molar-refractivity contribution < 1.29 is 19.0 Å². The summed E-state index contributed by atoms with van der Waals surface area (Å²) in [4.78, 5) is 32.4. The van der Waals surface area contributed by atoms with E-state index in [1.54, 1.807) is 17.6 Å². The van der Waals surface area contributed by atoms with Gasteiger partial charge in [0.05, 0.1) is 29.5 Å². The molecule has 0 saturated heterocycles. The van der Waals surface area contributed by atoms with Gasteiger partial charge in [-0.1, -0.05) is 47.2 Å². The first kappa shape index (κ1) is 26.9. The van der Waals surface area contributed by atoms with Crippen LogP contribution in [0, 0.1) is 0 Å². The lowest BCUT2D eigenvalue weighted by atomic mass is 10.0. The van der Waals surface area contributed by atoms with Crippen molar-refractivity contribution in [1.82, 2.24) is 4.57 Å². The van der Waals surface area contributed by atoms with E-state index in [0.29, 0.717) is 50.3 Å². The van der Waals surface area contributed by atoms with E-state index in [4.69, 9.17) is 25.8 Å². The Labute approximate surface area is 237 Å². The van der Waals surface area contributed by atoms with Gasteiger partial charge in [-0.25, -0.2) is 9.79 Å². The second-order valence-corrected chi connectivity index (χ2v) is 11.1. The van der Waals surface area contributed by atoms with Gasteiger partial charge in [-0.15, -0.1) is 11.3 Å². The predicted octanol–water partition coefficient (Wildman–Crippen LogP) is 5.10. The van der Waals surface area contributed by atoms with Crippen LogP contribution in [-0.2, 0) is 16.1 Å². The lowest BCUT2D eigenvalue weighted by molar-refractivity contribution is -0.136. The van der Waals surface area contributed by atoms with Gasteiger partial charge in [-0.3, -0.25) is 9.36 Å². The van der Waals surface area contributed by atoms with Crippen LogP contribution in [0.5, 0.6) is 11.5 Å². The summed E-state index contributed by atoms with van der Waals surface area (Å²) in [7, 11) is 1.33. The fraction of sp³-hybridized carbons (Fsp3) is 0.207. The lowest BCUT2D eigenvalue weighted by Crippen LogP contribution is -2.39. The smallest absolute Gasteiger partial charge is 0.338 e. The van der Waals surface area contributed by atoms with Crippen LogP contribution in [0.2, 0.25) is 5.02 Å². The second-order valence-electron chi connectivity index (χ2n) is 8.64. The standard InChI is InChI=1S/C29H25ClN2O5S2/c1-4-36-22-14-19(9-12-21(22)37-16-18-7-10-20(30)11-8-18)15-24-27(33)32-26(23-6-5-13-38-23)25(28(34)35-3)17(2)31-29(32)39-24/h5-15,26H,4,16H2,1-3H3. The number of halogens is 1. The van der Waals surface area contributed by atoms with Crippen LogP contribution in [0.15, 0.2) is 81.0 Å². The summed E-state index contributed by atoms with van der Waals surface area (Å²) in [5, 5.41) is 2.59. The third kappa shape index (κ3) is 5.56. The lowest BCUT2D eigenvalue weighted by Gasteiger charge is -2.22. The van der Waals surface area contributed by atoms with E-state index in [-0.39, 0.29) is 5.56 Å². The van der Waals surface area contributed by atoms with Gasteiger partial charge >= 0.3 is 5.97 Å². The van der Waals surface area contributed by atoms with Gasteiger partial charge in [0.15, 0.2) is 16.3 Å². The van der Waals surface area contributed by atoms with Gasteiger partial charge < -0.3 is 14.2 Å². The number of hydrogen-bond acceptors (Lipinski definition) is 8. The van der Waals surface area contributed by atoms with E-state index in [9.17, 15) is 9.59 Å². The monoisotopic (exact) mass is 580 g/mol.